The summed E-state index contributed by atoms with van der Waals surface area (Å²) in [6.07, 6.45) is 6.46. The molecule has 2 atom stereocenters. The Morgan fingerprint density at radius 3 is 2.95 bits per heavy atom. The fraction of sp³-hybridized carbons (Fsp3) is 0.750. The number of nitrogens with one attached hydrogen (secondary N) is 1. The summed E-state index contributed by atoms with van der Waals surface area (Å²) < 4.78 is 5.95. The SMILES string of the molecule is CC(C)CNCc1cnc(C2CN3CCCC3CO2)nc1. The van der Waals surface area contributed by atoms with Crippen molar-refractivity contribution in [3.05, 3.63) is 23.8 Å². The maximum Gasteiger partial charge on any atom is 0.158 e. The first-order chi connectivity index (χ1) is 10.2. The third kappa shape index (κ3) is 3.78. The van der Waals surface area contributed by atoms with E-state index in [9.17, 15) is 0 Å². The van der Waals surface area contributed by atoms with Gasteiger partial charge in [0.05, 0.1) is 6.61 Å². The van der Waals surface area contributed by atoms with Crippen LogP contribution >= 0.6 is 0 Å². The van der Waals surface area contributed by atoms with Crippen LogP contribution in [0.25, 0.3) is 0 Å². The zero-order chi connectivity index (χ0) is 14.7. The molecule has 116 valence electrons. The summed E-state index contributed by atoms with van der Waals surface area (Å²) in [7, 11) is 0. The summed E-state index contributed by atoms with van der Waals surface area (Å²) >= 11 is 0. The van der Waals surface area contributed by atoms with E-state index in [1.165, 1.54) is 19.4 Å². The molecule has 3 rings (SSSR count). The fourth-order valence-electron chi connectivity index (χ4n) is 3.10. The largest absolute Gasteiger partial charge is 0.367 e. The van der Waals surface area contributed by atoms with Crippen LogP contribution in [-0.4, -0.2) is 47.2 Å². The Morgan fingerprint density at radius 2 is 2.19 bits per heavy atom. The van der Waals surface area contributed by atoms with E-state index in [2.05, 4.69) is 34.0 Å². The average molecular weight is 290 g/mol. The molecule has 3 heterocycles. The predicted molar refractivity (Wildman–Crippen MR) is 81.9 cm³/mol. The molecule has 1 aromatic heterocycles. The van der Waals surface area contributed by atoms with Gasteiger partial charge >= 0.3 is 0 Å². The van der Waals surface area contributed by atoms with Crippen molar-refractivity contribution in [1.29, 1.82) is 0 Å². The van der Waals surface area contributed by atoms with E-state index in [4.69, 9.17) is 4.74 Å². The molecule has 0 radical (unpaired) electrons. The van der Waals surface area contributed by atoms with E-state index in [0.29, 0.717) is 12.0 Å². The molecule has 0 bridgehead atoms. The minimum absolute atomic E-state index is 0.0389. The van der Waals surface area contributed by atoms with Gasteiger partial charge in [0, 0.05) is 37.1 Å². The fourth-order valence-corrected chi connectivity index (χ4v) is 3.10. The van der Waals surface area contributed by atoms with E-state index in [0.717, 1.165) is 37.6 Å². The van der Waals surface area contributed by atoms with Crippen molar-refractivity contribution in [2.24, 2.45) is 5.92 Å². The molecule has 1 aromatic rings. The maximum atomic E-state index is 5.95. The third-order valence-electron chi connectivity index (χ3n) is 4.28. The summed E-state index contributed by atoms with van der Waals surface area (Å²) in [6.45, 7) is 9.22. The van der Waals surface area contributed by atoms with Gasteiger partial charge in [-0.15, -0.1) is 0 Å². The first-order valence-corrected chi connectivity index (χ1v) is 8.09. The van der Waals surface area contributed by atoms with Crippen molar-refractivity contribution in [1.82, 2.24) is 20.2 Å². The van der Waals surface area contributed by atoms with Crippen molar-refractivity contribution in [3.8, 4) is 0 Å². The van der Waals surface area contributed by atoms with Crippen LogP contribution in [0.15, 0.2) is 12.4 Å². The normalized spacial score (nSPS) is 26.2. The number of fused-ring (bicyclic) bond motifs is 1. The Labute approximate surface area is 127 Å². The van der Waals surface area contributed by atoms with E-state index in [-0.39, 0.29) is 6.10 Å². The monoisotopic (exact) mass is 290 g/mol. The number of hydrogen-bond acceptors (Lipinski definition) is 5. The molecule has 2 saturated heterocycles. The number of nitrogens with zero attached hydrogens (tertiary/aromatic N) is 3. The Bertz CT molecular complexity index is 448. The lowest BCUT2D eigenvalue weighted by Crippen LogP contribution is -2.42. The third-order valence-corrected chi connectivity index (χ3v) is 4.28. The van der Waals surface area contributed by atoms with Gasteiger partial charge < -0.3 is 10.1 Å². The number of rotatable bonds is 5. The lowest BCUT2D eigenvalue weighted by molar-refractivity contribution is -0.0541. The zero-order valence-corrected chi connectivity index (χ0v) is 13.1. The summed E-state index contributed by atoms with van der Waals surface area (Å²) in [5, 5.41) is 3.41. The molecule has 21 heavy (non-hydrogen) atoms. The van der Waals surface area contributed by atoms with Crippen LogP contribution in [0.5, 0.6) is 0 Å². The highest BCUT2D eigenvalue weighted by molar-refractivity contribution is 5.07. The smallest absolute Gasteiger partial charge is 0.158 e. The lowest BCUT2D eigenvalue weighted by Gasteiger charge is -2.34. The topological polar surface area (TPSA) is 50.3 Å². The van der Waals surface area contributed by atoms with Crippen molar-refractivity contribution >= 4 is 0 Å². The first kappa shape index (κ1) is 14.9. The van der Waals surface area contributed by atoms with Crippen molar-refractivity contribution in [2.45, 2.75) is 45.4 Å². The highest BCUT2D eigenvalue weighted by Gasteiger charge is 2.33. The van der Waals surface area contributed by atoms with Gasteiger partial charge in [0.15, 0.2) is 5.82 Å². The second-order valence-corrected chi connectivity index (χ2v) is 6.59. The average Bonchev–Trinajstić information content (AvgIpc) is 2.95. The van der Waals surface area contributed by atoms with Crippen LogP contribution in [0.1, 0.15) is 44.2 Å². The van der Waals surface area contributed by atoms with Gasteiger partial charge in [0.1, 0.15) is 6.10 Å². The van der Waals surface area contributed by atoms with Crippen molar-refractivity contribution < 1.29 is 4.74 Å². The van der Waals surface area contributed by atoms with Crippen LogP contribution in [0.3, 0.4) is 0 Å². The lowest BCUT2D eigenvalue weighted by atomic mass is 10.2. The van der Waals surface area contributed by atoms with E-state index in [1.807, 2.05) is 12.4 Å². The summed E-state index contributed by atoms with van der Waals surface area (Å²) in [4.78, 5) is 11.5. The molecule has 2 aliphatic rings. The van der Waals surface area contributed by atoms with Crippen molar-refractivity contribution in [3.63, 3.8) is 0 Å². The first-order valence-electron chi connectivity index (χ1n) is 8.09. The summed E-state index contributed by atoms with van der Waals surface area (Å²) in [5.74, 6) is 1.49. The molecule has 2 aliphatic heterocycles. The number of hydrogen-bond donors (Lipinski definition) is 1. The standard InChI is InChI=1S/C16H26N4O/c1-12(2)6-17-7-13-8-18-16(19-9-13)15-10-20-5-3-4-14(20)11-21-15/h8-9,12,14-15,17H,3-7,10-11H2,1-2H3. The van der Waals surface area contributed by atoms with E-state index >= 15 is 0 Å². The van der Waals surface area contributed by atoms with Gasteiger partial charge in [-0.25, -0.2) is 9.97 Å². The molecule has 0 saturated carbocycles. The Kier molecular flexibility index (Phi) is 4.83. The number of ether oxygens (including phenoxy) is 1. The molecule has 2 unspecified atom stereocenters. The van der Waals surface area contributed by atoms with Crippen LogP contribution in [0.4, 0.5) is 0 Å². The highest BCUT2D eigenvalue weighted by Crippen LogP contribution is 2.28. The maximum absolute atomic E-state index is 5.95. The molecule has 5 heteroatoms. The number of aromatic nitrogens is 2. The molecule has 5 nitrogen and oxygen atoms in total. The van der Waals surface area contributed by atoms with Gasteiger partial charge in [0.2, 0.25) is 0 Å². The van der Waals surface area contributed by atoms with E-state index in [1.54, 1.807) is 0 Å². The van der Waals surface area contributed by atoms with Crippen LogP contribution < -0.4 is 5.32 Å². The molecule has 1 N–H and O–H groups in total. The Morgan fingerprint density at radius 1 is 1.38 bits per heavy atom. The minimum atomic E-state index is 0.0389. The van der Waals surface area contributed by atoms with Gasteiger partial charge in [-0.05, 0) is 31.8 Å². The van der Waals surface area contributed by atoms with Crippen LogP contribution in [-0.2, 0) is 11.3 Å². The van der Waals surface area contributed by atoms with Crippen LogP contribution in [0, 0.1) is 5.92 Å². The highest BCUT2D eigenvalue weighted by atomic mass is 16.5. The zero-order valence-electron chi connectivity index (χ0n) is 13.1. The molecule has 0 amide bonds. The molecular weight excluding hydrogens is 264 g/mol. The molecule has 0 aromatic carbocycles. The second kappa shape index (κ2) is 6.81. The quantitative estimate of drug-likeness (QED) is 0.895. The van der Waals surface area contributed by atoms with Crippen LogP contribution in [0.2, 0.25) is 0 Å². The van der Waals surface area contributed by atoms with Gasteiger partial charge in [-0.2, -0.15) is 0 Å². The van der Waals surface area contributed by atoms with Crippen molar-refractivity contribution in [2.75, 3.05) is 26.2 Å². The molecule has 2 fully saturated rings. The predicted octanol–water partition coefficient (Wildman–Crippen LogP) is 1.76. The van der Waals surface area contributed by atoms with E-state index < -0.39 is 0 Å². The Hall–Kier alpha value is -1.04. The van der Waals surface area contributed by atoms with Gasteiger partial charge in [-0.3, -0.25) is 4.90 Å². The molecular formula is C16H26N4O. The Balaban J connectivity index is 1.54. The van der Waals surface area contributed by atoms with Gasteiger partial charge in [-0.1, -0.05) is 13.8 Å². The summed E-state index contributed by atoms with van der Waals surface area (Å²) in [5.41, 5.74) is 1.13. The number of morpholine rings is 1. The summed E-state index contributed by atoms with van der Waals surface area (Å²) in [6, 6.07) is 0.626. The minimum Gasteiger partial charge on any atom is -0.367 e. The second-order valence-electron chi connectivity index (χ2n) is 6.59. The van der Waals surface area contributed by atoms with Gasteiger partial charge in [0.25, 0.3) is 0 Å². The molecule has 0 aliphatic carbocycles. The molecule has 0 spiro atoms.